The summed E-state index contributed by atoms with van der Waals surface area (Å²) in [5.41, 5.74) is 3.40. The van der Waals surface area contributed by atoms with Crippen molar-refractivity contribution in [2.24, 2.45) is 0 Å². The topological polar surface area (TPSA) is 86.7 Å². The van der Waals surface area contributed by atoms with E-state index >= 15 is 0 Å². The minimum atomic E-state index is -0.965. The highest BCUT2D eigenvalue weighted by Crippen LogP contribution is 2.23. The number of hydrogen-bond donors (Lipinski definition) is 2. The molecule has 3 rings (SSSR count). The molecule has 2 N–H and O–H groups in total. The Morgan fingerprint density at radius 1 is 1.14 bits per heavy atom. The van der Waals surface area contributed by atoms with E-state index in [1.165, 1.54) is 0 Å². The first kappa shape index (κ1) is 19.6. The van der Waals surface area contributed by atoms with Gasteiger partial charge in [0.15, 0.2) is 0 Å². The van der Waals surface area contributed by atoms with E-state index in [-0.39, 0.29) is 24.7 Å². The van der Waals surface area contributed by atoms with E-state index in [0.29, 0.717) is 6.42 Å². The number of amides is 2. The molecule has 0 aliphatic carbocycles. The highest BCUT2D eigenvalue weighted by atomic mass is 16.4. The lowest BCUT2D eigenvalue weighted by Gasteiger charge is -2.20. The van der Waals surface area contributed by atoms with E-state index in [1.807, 2.05) is 55.5 Å². The largest absolute Gasteiger partial charge is 0.481 e. The van der Waals surface area contributed by atoms with E-state index in [9.17, 15) is 19.5 Å². The summed E-state index contributed by atoms with van der Waals surface area (Å²) >= 11 is 0. The van der Waals surface area contributed by atoms with Crippen molar-refractivity contribution < 1.29 is 19.5 Å². The Morgan fingerprint density at radius 3 is 2.46 bits per heavy atom. The first-order valence-electron chi connectivity index (χ1n) is 9.40. The summed E-state index contributed by atoms with van der Waals surface area (Å²) in [7, 11) is 0. The SMILES string of the molecule is Cc1ccccc1[C@@H](CC(=O)O)NC(=O)Cc1ccc(N2CCCC2=O)cc1. The van der Waals surface area contributed by atoms with Gasteiger partial charge in [0.05, 0.1) is 18.9 Å². The van der Waals surface area contributed by atoms with Gasteiger partial charge in [0, 0.05) is 18.7 Å². The Balaban J connectivity index is 1.66. The van der Waals surface area contributed by atoms with E-state index in [0.717, 1.165) is 35.3 Å². The molecule has 2 aromatic rings. The number of anilines is 1. The van der Waals surface area contributed by atoms with Crippen LogP contribution in [0.1, 0.15) is 42.0 Å². The normalized spacial score (nSPS) is 14.8. The standard InChI is InChI=1S/C22H24N2O4/c1-15-5-2-3-6-18(15)19(14-22(27)28)23-20(25)13-16-8-10-17(11-9-16)24-12-4-7-21(24)26/h2-3,5-6,8-11,19H,4,7,12-14H2,1H3,(H,23,25)(H,27,28)/t19-/m1/s1. The molecule has 0 unspecified atom stereocenters. The molecule has 1 heterocycles. The second-order valence-corrected chi connectivity index (χ2v) is 7.07. The van der Waals surface area contributed by atoms with Gasteiger partial charge in [-0.05, 0) is 42.2 Å². The zero-order valence-corrected chi connectivity index (χ0v) is 15.9. The third kappa shape index (κ3) is 4.76. The van der Waals surface area contributed by atoms with Gasteiger partial charge in [-0.2, -0.15) is 0 Å². The van der Waals surface area contributed by atoms with E-state index in [4.69, 9.17) is 0 Å². The molecular formula is C22H24N2O4. The Kier molecular flexibility index (Phi) is 6.09. The second-order valence-electron chi connectivity index (χ2n) is 7.07. The van der Waals surface area contributed by atoms with Crippen molar-refractivity contribution in [2.75, 3.05) is 11.4 Å². The summed E-state index contributed by atoms with van der Waals surface area (Å²) in [5.74, 6) is -1.08. The molecule has 146 valence electrons. The van der Waals surface area contributed by atoms with Crippen molar-refractivity contribution in [1.82, 2.24) is 5.32 Å². The van der Waals surface area contributed by atoms with Crippen molar-refractivity contribution in [3.8, 4) is 0 Å². The van der Waals surface area contributed by atoms with Crippen molar-refractivity contribution >= 4 is 23.5 Å². The van der Waals surface area contributed by atoms with Crippen molar-refractivity contribution in [1.29, 1.82) is 0 Å². The van der Waals surface area contributed by atoms with Gasteiger partial charge in [-0.25, -0.2) is 0 Å². The zero-order valence-electron chi connectivity index (χ0n) is 15.9. The highest BCUT2D eigenvalue weighted by Gasteiger charge is 2.22. The number of rotatable bonds is 7. The minimum absolute atomic E-state index is 0.125. The first-order valence-corrected chi connectivity index (χ1v) is 9.40. The molecule has 0 spiro atoms. The molecule has 0 bridgehead atoms. The molecule has 1 aliphatic rings. The van der Waals surface area contributed by atoms with Gasteiger partial charge in [-0.15, -0.1) is 0 Å². The third-order valence-corrected chi connectivity index (χ3v) is 4.96. The van der Waals surface area contributed by atoms with Gasteiger partial charge in [0.1, 0.15) is 0 Å². The maximum atomic E-state index is 12.5. The van der Waals surface area contributed by atoms with Crippen LogP contribution in [0.4, 0.5) is 5.69 Å². The van der Waals surface area contributed by atoms with Crippen LogP contribution in [0.2, 0.25) is 0 Å². The smallest absolute Gasteiger partial charge is 0.305 e. The molecule has 1 saturated heterocycles. The number of carboxylic acids is 1. The first-order chi connectivity index (χ1) is 13.4. The monoisotopic (exact) mass is 380 g/mol. The van der Waals surface area contributed by atoms with Gasteiger partial charge >= 0.3 is 5.97 Å². The predicted octanol–water partition coefficient (Wildman–Crippen LogP) is 3.00. The van der Waals surface area contributed by atoms with Gasteiger partial charge < -0.3 is 15.3 Å². The van der Waals surface area contributed by atoms with Crippen molar-refractivity contribution in [3.05, 3.63) is 65.2 Å². The second kappa shape index (κ2) is 8.69. The van der Waals surface area contributed by atoms with Crippen LogP contribution in [0.25, 0.3) is 0 Å². The Morgan fingerprint density at radius 2 is 1.86 bits per heavy atom. The fourth-order valence-corrected chi connectivity index (χ4v) is 3.54. The average molecular weight is 380 g/mol. The molecule has 0 radical (unpaired) electrons. The molecule has 1 atom stereocenters. The number of carbonyl (C=O) groups excluding carboxylic acids is 2. The van der Waals surface area contributed by atoms with Crippen LogP contribution < -0.4 is 10.2 Å². The molecule has 6 heteroatoms. The van der Waals surface area contributed by atoms with Crippen LogP contribution in [0, 0.1) is 6.92 Å². The van der Waals surface area contributed by atoms with Crippen LogP contribution >= 0.6 is 0 Å². The number of carboxylic acid groups (broad SMARTS) is 1. The summed E-state index contributed by atoms with van der Waals surface area (Å²) in [6.07, 6.45) is 1.42. The molecule has 1 aliphatic heterocycles. The van der Waals surface area contributed by atoms with E-state index in [2.05, 4.69) is 5.32 Å². The van der Waals surface area contributed by atoms with E-state index < -0.39 is 12.0 Å². The Bertz CT molecular complexity index is 876. The number of nitrogens with zero attached hydrogens (tertiary/aromatic N) is 1. The van der Waals surface area contributed by atoms with Gasteiger partial charge in [-0.3, -0.25) is 14.4 Å². The summed E-state index contributed by atoms with van der Waals surface area (Å²) < 4.78 is 0. The third-order valence-electron chi connectivity index (χ3n) is 4.96. The molecule has 2 aromatic carbocycles. The fraction of sp³-hybridized carbons (Fsp3) is 0.318. The predicted molar refractivity (Wildman–Crippen MR) is 106 cm³/mol. The maximum absolute atomic E-state index is 12.5. The lowest BCUT2D eigenvalue weighted by Crippen LogP contribution is -2.31. The molecule has 2 amide bonds. The summed E-state index contributed by atoms with van der Waals surface area (Å²) in [6, 6.07) is 14.2. The lowest BCUT2D eigenvalue weighted by molar-refractivity contribution is -0.137. The highest BCUT2D eigenvalue weighted by molar-refractivity contribution is 5.95. The lowest BCUT2D eigenvalue weighted by atomic mass is 9.98. The van der Waals surface area contributed by atoms with Gasteiger partial charge in [-0.1, -0.05) is 36.4 Å². The average Bonchev–Trinajstić information content (AvgIpc) is 3.08. The number of nitrogens with one attached hydrogen (secondary N) is 1. The van der Waals surface area contributed by atoms with Gasteiger partial charge in [0.2, 0.25) is 11.8 Å². The summed E-state index contributed by atoms with van der Waals surface area (Å²) in [6.45, 7) is 2.63. The molecule has 28 heavy (non-hydrogen) atoms. The number of aryl methyl sites for hydroxylation is 1. The van der Waals surface area contributed by atoms with Gasteiger partial charge in [0.25, 0.3) is 0 Å². The Labute approximate surface area is 164 Å². The number of benzene rings is 2. The van der Waals surface area contributed by atoms with E-state index in [1.54, 1.807) is 4.90 Å². The number of hydrogen-bond acceptors (Lipinski definition) is 3. The maximum Gasteiger partial charge on any atom is 0.305 e. The number of aliphatic carboxylic acids is 1. The van der Waals surface area contributed by atoms with Crippen LogP contribution in [0.3, 0.4) is 0 Å². The Hall–Kier alpha value is -3.15. The molecule has 0 aromatic heterocycles. The van der Waals surface area contributed by atoms with Crippen LogP contribution in [-0.4, -0.2) is 29.4 Å². The minimum Gasteiger partial charge on any atom is -0.481 e. The molecular weight excluding hydrogens is 356 g/mol. The quantitative estimate of drug-likeness (QED) is 0.773. The fourth-order valence-electron chi connectivity index (χ4n) is 3.54. The number of carbonyl (C=O) groups is 3. The van der Waals surface area contributed by atoms with Crippen LogP contribution in [-0.2, 0) is 20.8 Å². The summed E-state index contributed by atoms with van der Waals surface area (Å²) in [5, 5.41) is 12.1. The molecule has 1 fully saturated rings. The van der Waals surface area contributed by atoms with Crippen molar-refractivity contribution in [3.63, 3.8) is 0 Å². The van der Waals surface area contributed by atoms with Crippen LogP contribution in [0.15, 0.2) is 48.5 Å². The summed E-state index contributed by atoms with van der Waals surface area (Å²) in [4.78, 5) is 37.3. The van der Waals surface area contributed by atoms with Crippen molar-refractivity contribution in [2.45, 2.75) is 38.6 Å². The molecule has 0 saturated carbocycles. The van der Waals surface area contributed by atoms with Crippen LogP contribution in [0.5, 0.6) is 0 Å². The molecule has 6 nitrogen and oxygen atoms in total. The zero-order chi connectivity index (χ0) is 20.1.